The van der Waals surface area contributed by atoms with Crippen LogP contribution in [0.3, 0.4) is 0 Å². The molecule has 0 aliphatic rings. The number of para-hydroxylation sites is 1. The van der Waals surface area contributed by atoms with Crippen LogP contribution in [0, 0.1) is 0 Å². The second kappa shape index (κ2) is 11.9. The molecule has 260 valence electrons. The molecule has 9 aromatic carbocycles. The Labute approximate surface area is 320 Å². The number of aromatic nitrogens is 3. The Balaban J connectivity index is 1.16. The number of fused-ring (bicyclic) bond motifs is 10. The van der Waals surface area contributed by atoms with Gasteiger partial charge in [0.05, 0.1) is 0 Å². The maximum atomic E-state index is 6.76. The molecule has 0 radical (unpaired) electrons. The van der Waals surface area contributed by atoms with Gasteiger partial charge in [-0.3, -0.25) is 0 Å². The van der Waals surface area contributed by atoms with Gasteiger partial charge in [0, 0.05) is 38.2 Å². The molecule has 12 aromatic rings. The fraction of sp³-hybridized carbons (Fsp3) is 0. The van der Waals surface area contributed by atoms with Gasteiger partial charge in [-0.05, 0) is 85.9 Å². The number of rotatable bonds is 4. The molecule has 0 aliphatic carbocycles. The molecule has 0 saturated carbocycles. The van der Waals surface area contributed by atoms with E-state index in [4.69, 9.17) is 23.8 Å². The van der Waals surface area contributed by atoms with Gasteiger partial charge < -0.3 is 8.83 Å². The summed E-state index contributed by atoms with van der Waals surface area (Å²) in [7, 11) is 0. The van der Waals surface area contributed by atoms with Crippen molar-refractivity contribution in [3.05, 3.63) is 176 Å². The summed E-state index contributed by atoms with van der Waals surface area (Å²) >= 11 is 0. The molecule has 3 heterocycles. The average Bonchev–Trinajstić information content (AvgIpc) is 3.84. The fourth-order valence-corrected chi connectivity index (χ4v) is 8.42. The van der Waals surface area contributed by atoms with Gasteiger partial charge in [0.15, 0.2) is 17.5 Å². The lowest BCUT2D eigenvalue weighted by molar-refractivity contribution is 0.669. The minimum Gasteiger partial charge on any atom is -0.456 e. The van der Waals surface area contributed by atoms with Gasteiger partial charge in [-0.25, -0.2) is 15.0 Å². The predicted molar refractivity (Wildman–Crippen MR) is 229 cm³/mol. The summed E-state index contributed by atoms with van der Waals surface area (Å²) in [4.78, 5) is 15.7. The third kappa shape index (κ3) is 4.78. The van der Waals surface area contributed by atoms with Crippen molar-refractivity contribution in [2.75, 3.05) is 0 Å². The Kier molecular flexibility index (Phi) is 6.56. The summed E-state index contributed by atoms with van der Waals surface area (Å²) in [6, 6.07) is 61.1. The highest BCUT2D eigenvalue weighted by molar-refractivity contribution is 6.23. The van der Waals surface area contributed by atoms with Crippen molar-refractivity contribution in [3.8, 4) is 45.3 Å². The van der Waals surface area contributed by atoms with Crippen LogP contribution >= 0.6 is 0 Å². The second-order valence-electron chi connectivity index (χ2n) is 14.4. The Hall–Kier alpha value is -7.63. The van der Waals surface area contributed by atoms with E-state index >= 15 is 0 Å². The highest BCUT2D eigenvalue weighted by Crippen LogP contribution is 2.44. The first kappa shape index (κ1) is 30.8. The van der Waals surface area contributed by atoms with Crippen molar-refractivity contribution in [3.63, 3.8) is 0 Å². The summed E-state index contributed by atoms with van der Waals surface area (Å²) < 4.78 is 13.1. The van der Waals surface area contributed by atoms with E-state index in [-0.39, 0.29) is 0 Å². The third-order valence-corrected chi connectivity index (χ3v) is 11.1. The maximum Gasteiger partial charge on any atom is 0.164 e. The van der Waals surface area contributed by atoms with Gasteiger partial charge in [0.1, 0.15) is 22.3 Å². The van der Waals surface area contributed by atoms with E-state index in [9.17, 15) is 0 Å². The molecule has 0 N–H and O–H groups in total. The zero-order valence-electron chi connectivity index (χ0n) is 29.9. The molecule has 0 aliphatic heterocycles. The number of furan rings is 2. The Morgan fingerprint density at radius 1 is 0.286 bits per heavy atom. The van der Waals surface area contributed by atoms with Crippen LogP contribution in [0.2, 0.25) is 0 Å². The summed E-state index contributed by atoms with van der Waals surface area (Å²) in [5.41, 5.74) is 7.97. The molecule has 56 heavy (non-hydrogen) atoms. The predicted octanol–water partition coefficient (Wildman–Crippen LogP) is 13.8. The number of hydrogen-bond donors (Lipinski definition) is 0. The first-order chi connectivity index (χ1) is 27.7. The minimum atomic E-state index is 0.553. The van der Waals surface area contributed by atoms with Gasteiger partial charge in [-0.2, -0.15) is 0 Å². The molecule has 3 aromatic heterocycles. The number of benzene rings is 9. The summed E-state index contributed by atoms with van der Waals surface area (Å²) in [5.74, 6) is 1.71. The van der Waals surface area contributed by atoms with Crippen molar-refractivity contribution in [1.82, 2.24) is 15.0 Å². The topological polar surface area (TPSA) is 65.0 Å². The van der Waals surface area contributed by atoms with Crippen LogP contribution < -0.4 is 0 Å². The molecule has 5 heteroatoms. The molecule has 0 unspecified atom stereocenters. The van der Waals surface area contributed by atoms with E-state index in [2.05, 4.69) is 146 Å². The zero-order chi connectivity index (χ0) is 36.7. The molecular weight excluding hydrogens is 687 g/mol. The standard InChI is InChI=1S/C51H29N3O2/c1-3-13-33-26-35(22-20-30(33)10-1)41-28-37(29-45-48(41)47-38-15-6-5-12-32(38)24-25-44(47)56-45)50-52-49(36-23-21-31-11-2-4-14-34(31)27-36)53-51(54-50)40-17-9-19-43-46(40)39-16-7-8-18-42(39)55-43/h1-29H. The van der Waals surface area contributed by atoms with Crippen LogP contribution in [0.5, 0.6) is 0 Å². The quantitative estimate of drug-likeness (QED) is 0.181. The van der Waals surface area contributed by atoms with E-state index in [0.29, 0.717) is 17.5 Å². The lowest BCUT2D eigenvalue weighted by atomic mass is 9.93. The smallest absolute Gasteiger partial charge is 0.164 e. The third-order valence-electron chi connectivity index (χ3n) is 11.1. The van der Waals surface area contributed by atoms with E-state index in [1.54, 1.807) is 0 Å². The number of hydrogen-bond acceptors (Lipinski definition) is 5. The first-order valence-electron chi connectivity index (χ1n) is 18.8. The average molecular weight is 716 g/mol. The van der Waals surface area contributed by atoms with Crippen molar-refractivity contribution < 1.29 is 8.83 Å². The SMILES string of the molecule is c1ccc2cc(-c3nc(-c4cc(-c5ccc6ccccc6c5)c5c(c4)oc4ccc6ccccc6c45)nc(-c4cccc5oc6ccccc6c45)n3)ccc2c1. The van der Waals surface area contributed by atoms with E-state index < -0.39 is 0 Å². The van der Waals surface area contributed by atoms with Crippen LogP contribution in [-0.4, -0.2) is 15.0 Å². The Bertz CT molecular complexity index is 3560. The molecule has 0 amide bonds. The van der Waals surface area contributed by atoms with Crippen molar-refractivity contribution in [2.45, 2.75) is 0 Å². The van der Waals surface area contributed by atoms with E-state index in [0.717, 1.165) is 87.9 Å². The zero-order valence-corrected chi connectivity index (χ0v) is 29.9. The second-order valence-corrected chi connectivity index (χ2v) is 14.4. The summed E-state index contributed by atoms with van der Waals surface area (Å²) in [5, 5.41) is 11.1. The lowest BCUT2D eigenvalue weighted by Gasteiger charge is -2.12. The van der Waals surface area contributed by atoms with Crippen LogP contribution in [0.4, 0.5) is 0 Å². The lowest BCUT2D eigenvalue weighted by Crippen LogP contribution is -2.01. The largest absolute Gasteiger partial charge is 0.456 e. The van der Waals surface area contributed by atoms with Crippen molar-refractivity contribution in [1.29, 1.82) is 0 Å². The molecule has 0 spiro atoms. The monoisotopic (exact) mass is 715 g/mol. The van der Waals surface area contributed by atoms with Crippen LogP contribution in [0.15, 0.2) is 185 Å². The summed E-state index contributed by atoms with van der Waals surface area (Å²) in [6.07, 6.45) is 0. The first-order valence-corrected chi connectivity index (χ1v) is 18.8. The molecule has 12 rings (SSSR count). The fourth-order valence-electron chi connectivity index (χ4n) is 8.42. The summed E-state index contributed by atoms with van der Waals surface area (Å²) in [6.45, 7) is 0. The van der Waals surface area contributed by atoms with Crippen LogP contribution in [0.25, 0.3) is 121 Å². The van der Waals surface area contributed by atoms with Crippen molar-refractivity contribution >= 4 is 76.2 Å². The Morgan fingerprint density at radius 2 is 0.857 bits per heavy atom. The van der Waals surface area contributed by atoms with Gasteiger partial charge >= 0.3 is 0 Å². The van der Waals surface area contributed by atoms with Gasteiger partial charge in [0.25, 0.3) is 0 Å². The normalized spacial score (nSPS) is 11.9. The van der Waals surface area contributed by atoms with Crippen LogP contribution in [0.1, 0.15) is 0 Å². The van der Waals surface area contributed by atoms with Crippen LogP contribution in [-0.2, 0) is 0 Å². The highest BCUT2D eigenvalue weighted by Gasteiger charge is 2.22. The van der Waals surface area contributed by atoms with Gasteiger partial charge in [-0.1, -0.05) is 133 Å². The molecular formula is C51H29N3O2. The molecule has 0 bridgehead atoms. The van der Waals surface area contributed by atoms with E-state index in [1.807, 2.05) is 30.3 Å². The van der Waals surface area contributed by atoms with Gasteiger partial charge in [0.2, 0.25) is 0 Å². The molecule has 5 nitrogen and oxygen atoms in total. The molecule has 0 saturated heterocycles. The van der Waals surface area contributed by atoms with Gasteiger partial charge in [-0.15, -0.1) is 0 Å². The van der Waals surface area contributed by atoms with E-state index in [1.165, 1.54) is 16.2 Å². The maximum absolute atomic E-state index is 6.76. The molecule has 0 atom stereocenters. The number of nitrogens with zero attached hydrogens (tertiary/aromatic N) is 3. The minimum absolute atomic E-state index is 0.553. The highest BCUT2D eigenvalue weighted by atomic mass is 16.3. The molecule has 0 fully saturated rings. The Morgan fingerprint density at radius 3 is 1.66 bits per heavy atom. The van der Waals surface area contributed by atoms with Crippen molar-refractivity contribution in [2.24, 2.45) is 0 Å².